The minimum Gasteiger partial charge on any atom is -0.482 e. The molecule has 0 aliphatic heterocycles. The van der Waals surface area contributed by atoms with Gasteiger partial charge in [0.05, 0.1) is 0 Å². The summed E-state index contributed by atoms with van der Waals surface area (Å²) in [4.78, 5) is 11.8. The van der Waals surface area contributed by atoms with Crippen molar-refractivity contribution in [1.29, 1.82) is 0 Å². The number of hydrogen-bond acceptors (Lipinski definition) is 3. The van der Waals surface area contributed by atoms with Gasteiger partial charge in [-0.05, 0) is 60.4 Å². The third-order valence-electron chi connectivity index (χ3n) is 3.27. The van der Waals surface area contributed by atoms with Gasteiger partial charge in [0.2, 0.25) is 0 Å². The summed E-state index contributed by atoms with van der Waals surface area (Å²) in [6.07, 6.45) is 0. The number of rotatable bonds is 5. The van der Waals surface area contributed by atoms with Crippen molar-refractivity contribution in [1.82, 2.24) is 0 Å². The van der Waals surface area contributed by atoms with E-state index < -0.39 is 5.97 Å². The highest BCUT2D eigenvalue weighted by molar-refractivity contribution is 9.10. The van der Waals surface area contributed by atoms with Gasteiger partial charge in [0.15, 0.2) is 6.61 Å². The lowest BCUT2D eigenvalue weighted by Gasteiger charge is -2.12. The number of hydrogen-bond donors (Lipinski definition) is 0. The predicted molar refractivity (Wildman–Crippen MR) is 90.5 cm³/mol. The smallest absolute Gasteiger partial charge is 0.349 e. The molecule has 3 nitrogen and oxygen atoms in total. The van der Waals surface area contributed by atoms with Crippen molar-refractivity contribution in [3.05, 3.63) is 58.1 Å². The largest absolute Gasteiger partial charge is 0.482 e. The van der Waals surface area contributed by atoms with Crippen LogP contribution >= 0.6 is 15.9 Å². The lowest BCUT2D eigenvalue weighted by molar-refractivity contribution is -0.136. The molecule has 0 atom stereocenters. The molecule has 0 aliphatic rings. The first kappa shape index (κ1) is 16.6. The molecular formula is C18H19BrO3. The second-order valence-electron chi connectivity index (χ2n) is 5.39. The van der Waals surface area contributed by atoms with Gasteiger partial charge in [-0.15, -0.1) is 0 Å². The van der Waals surface area contributed by atoms with Gasteiger partial charge in [-0.25, -0.2) is 4.79 Å². The summed E-state index contributed by atoms with van der Waals surface area (Å²) < 4.78 is 11.6. The Labute approximate surface area is 139 Å². The zero-order valence-corrected chi connectivity index (χ0v) is 14.5. The van der Waals surface area contributed by atoms with Gasteiger partial charge in [0, 0.05) is 4.47 Å². The molecule has 0 saturated carbocycles. The highest BCUT2D eigenvalue weighted by atomic mass is 79.9. The van der Waals surface area contributed by atoms with Crippen LogP contribution in [0.2, 0.25) is 0 Å². The van der Waals surface area contributed by atoms with Gasteiger partial charge in [-0.2, -0.15) is 0 Å². The van der Waals surface area contributed by atoms with E-state index in [1.54, 1.807) is 12.1 Å². The Hall–Kier alpha value is -1.81. The minimum absolute atomic E-state index is 0.115. The Morgan fingerprint density at radius 3 is 2.32 bits per heavy atom. The van der Waals surface area contributed by atoms with Crippen LogP contribution in [-0.4, -0.2) is 12.6 Å². The van der Waals surface area contributed by atoms with E-state index in [-0.39, 0.29) is 6.61 Å². The molecule has 0 heterocycles. The normalized spacial score (nSPS) is 10.6. The van der Waals surface area contributed by atoms with E-state index in [2.05, 4.69) is 29.8 Å². The molecule has 0 aliphatic carbocycles. The van der Waals surface area contributed by atoms with Crippen LogP contribution < -0.4 is 9.47 Å². The molecule has 0 unspecified atom stereocenters. The Morgan fingerprint density at radius 1 is 1.09 bits per heavy atom. The molecule has 0 fully saturated rings. The van der Waals surface area contributed by atoms with Crippen molar-refractivity contribution in [3.63, 3.8) is 0 Å². The minimum atomic E-state index is -0.423. The maximum atomic E-state index is 11.8. The molecule has 0 aromatic heterocycles. The summed E-state index contributed by atoms with van der Waals surface area (Å²) in [6, 6.07) is 13.0. The highest BCUT2D eigenvalue weighted by Crippen LogP contribution is 2.23. The second-order valence-corrected chi connectivity index (χ2v) is 6.31. The van der Waals surface area contributed by atoms with Gasteiger partial charge >= 0.3 is 5.97 Å². The molecule has 0 bridgehead atoms. The third kappa shape index (κ3) is 4.60. The van der Waals surface area contributed by atoms with E-state index in [0.29, 0.717) is 17.4 Å². The Balaban J connectivity index is 1.91. The summed E-state index contributed by atoms with van der Waals surface area (Å²) in [5.74, 6) is 1.22. The van der Waals surface area contributed by atoms with E-state index in [4.69, 9.17) is 9.47 Å². The number of esters is 1. The first-order valence-electron chi connectivity index (χ1n) is 7.15. The molecule has 22 heavy (non-hydrogen) atoms. The van der Waals surface area contributed by atoms with Crippen LogP contribution in [0.15, 0.2) is 46.9 Å². The van der Waals surface area contributed by atoms with Crippen LogP contribution in [0.1, 0.15) is 30.9 Å². The lowest BCUT2D eigenvalue weighted by Crippen LogP contribution is -2.17. The standard InChI is InChI=1S/C18H19BrO3/c1-12(2)17-9-8-16(10-13(17)3)21-11-18(20)22-15-6-4-14(19)5-7-15/h4-10,12H,11H2,1-3H3. The molecule has 0 spiro atoms. The zero-order valence-electron chi connectivity index (χ0n) is 12.9. The number of ether oxygens (including phenoxy) is 2. The highest BCUT2D eigenvalue weighted by Gasteiger charge is 2.08. The monoisotopic (exact) mass is 362 g/mol. The molecule has 2 rings (SSSR count). The van der Waals surface area contributed by atoms with Gasteiger partial charge in [0.1, 0.15) is 11.5 Å². The van der Waals surface area contributed by atoms with Gasteiger partial charge in [-0.1, -0.05) is 35.8 Å². The number of carbonyl (C=O) groups is 1. The Kier molecular flexibility index (Phi) is 5.61. The fraction of sp³-hybridized carbons (Fsp3) is 0.278. The summed E-state index contributed by atoms with van der Waals surface area (Å²) in [5.41, 5.74) is 2.44. The molecule has 0 N–H and O–H groups in total. The Bertz CT molecular complexity index is 648. The van der Waals surface area contributed by atoms with Crippen LogP contribution in [0, 0.1) is 6.92 Å². The van der Waals surface area contributed by atoms with Crippen LogP contribution in [0.3, 0.4) is 0 Å². The molecule has 0 radical (unpaired) electrons. The topological polar surface area (TPSA) is 35.5 Å². The maximum absolute atomic E-state index is 11.8. The van der Waals surface area contributed by atoms with Crippen LogP contribution in [0.4, 0.5) is 0 Å². The van der Waals surface area contributed by atoms with Crippen LogP contribution in [-0.2, 0) is 4.79 Å². The summed E-state index contributed by atoms with van der Waals surface area (Å²) >= 11 is 3.33. The average molecular weight is 363 g/mol. The number of halogens is 1. The average Bonchev–Trinajstić information content (AvgIpc) is 2.47. The van der Waals surface area contributed by atoms with Crippen molar-refractivity contribution in [2.75, 3.05) is 6.61 Å². The summed E-state index contributed by atoms with van der Waals surface area (Å²) in [7, 11) is 0. The van der Waals surface area contributed by atoms with E-state index >= 15 is 0 Å². The quantitative estimate of drug-likeness (QED) is 0.562. The number of carbonyl (C=O) groups excluding carboxylic acids is 1. The van der Waals surface area contributed by atoms with Crippen LogP contribution in [0.25, 0.3) is 0 Å². The maximum Gasteiger partial charge on any atom is 0.349 e. The Morgan fingerprint density at radius 2 is 1.73 bits per heavy atom. The molecule has 4 heteroatoms. The van der Waals surface area contributed by atoms with E-state index in [0.717, 1.165) is 10.0 Å². The first-order chi connectivity index (χ1) is 10.5. The summed E-state index contributed by atoms with van der Waals surface area (Å²) in [6.45, 7) is 6.23. The molecule has 2 aromatic rings. The lowest BCUT2D eigenvalue weighted by atomic mass is 9.98. The molecule has 0 amide bonds. The van der Waals surface area contributed by atoms with E-state index in [1.165, 1.54) is 5.56 Å². The SMILES string of the molecule is Cc1cc(OCC(=O)Oc2ccc(Br)cc2)ccc1C(C)C. The van der Waals surface area contributed by atoms with Crippen molar-refractivity contribution >= 4 is 21.9 Å². The molecule has 2 aromatic carbocycles. The van der Waals surface area contributed by atoms with Crippen molar-refractivity contribution in [3.8, 4) is 11.5 Å². The van der Waals surface area contributed by atoms with Crippen LogP contribution in [0.5, 0.6) is 11.5 Å². The van der Waals surface area contributed by atoms with E-state index in [9.17, 15) is 4.79 Å². The number of aryl methyl sites for hydroxylation is 1. The van der Waals surface area contributed by atoms with Gasteiger partial charge in [-0.3, -0.25) is 0 Å². The van der Waals surface area contributed by atoms with Crippen molar-refractivity contribution in [2.24, 2.45) is 0 Å². The molecule has 0 saturated heterocycles. The second kappa shape index (κ2) is 7.45. The summed E-state index contributed by atoms with van der Waals surface area (Å²) in [5, 5.41) is 0. The first-order valence-corrected chi connectivity index (χ1v) is 7.94. The van der Waals surface area contributed by atoms with Crippen molar-refractivity contribution in [2.45, 2.75) is 26.7 Å². The number of benzene rings is 2. The molecule has 116 valence electrons. The fourth-order valence-corrected chi connectivity index (χ4v) is 2.46. The van der Waals surface area contributed by atoms with E-state index in [1.807, 2.05) is 37.3 Å². The van der Waals surface area contributed by atoms with Crippen molar-refractivity contribution < 1.29 is 14.3 Å². The molecular weight excluding hydrogens is 344 g/mol. The third-order valence-corrected chi connectivity index (χ3v) is 3.79. The van der Waals surface area contributed by atoms with Gasteiger partial charge in [0.25, 0.3) is 0 Å². The van der Waals surface area contributed by atoms with Gasteiger partial charge < -0.3 is 9.47 Å². The fourth-order valence-electron chi connectivity index (χ4n) is 2.19. The zero-order chi connectivity index (χ0) is 16.1. The predicted octanol–water partition coefficient (Wildman–Crippen LogP) is 4.87.